The zero-order chi connectivity index (χ0) is 14.0. The van der Waals surface area contributed by atoms with Gasteiger partial charge < -0.3 is 5.73 Å². The van der Waals surface area contributed by atoms with E-state index in [1.807, 2.05) is 6.07 Å². The fourth-order valence-corrected chi connectivity index (χ4v) is 3.82. The molecule has 1 fully saturated rings. The third-order valence-electron chi connectivity index (χ3n) is 3.53. The number of hydrogen-bond acceptors (Lipinski definition) is 3. The Morgan fingerprint density at radius 1 is 1.47 bits per heavy atom. The van der Waals surface area contributed by atoms with Crippen molar-refractivity contribution in [2.75, 3.05) is 18.8 Å². The molecule has 1 aliphatic heterocycles. The van der Waals surface area contributed by atoms with E-state index in [-0.39, 0.29) is 0 Å². The molecule has 1 aliphatic rings. The highest BCUT2D eigenvalue weighted by Crippen LogP contribution is 2.30. The molecule has 0 aliphatic carbocycles. The third-order valence-corrected chi connectivity index (χ3v) is 5.06. The van der Waals surface area contributed by atoms with E-state index in [0.29, 0.717) is 9.74 Å². The van der Waals surface area contributed by atoms with Crippen molar-refractivity contribution in [1.29, 1.82) is 0 Å². The minimum Gasteiger partial charge on any atom is -0.389 e. The van der Waals surface area contributed by atoms with E-state index >= 15 is 0 Å². The molecule has 0 aromatic heterocycles. The monoisotopic (exact) mass is 294 g/mol. The van der Waals surface area contributed by atoms with Crippen molar-refractivity contribution in [3.8, 4) is 0 Å². The van der Waals surface area contributed by atoms with Crippen LogP contribution >= 0.6 is 24.0 Å². The van der Waals surface area contributed by atoms with Crippen LogP contribution in [-0.4, -0.2) is 33.5 Å². The highest BCUT2D eigenvalue weighted by molar-refractivity contribution is 8.00. The highest BCUT2D eigenvalue weighted by atomic mass is 32.2. The molecular formula is C15H22N2S2. The second-order valence-corrected chi connectivity index (χ2v) is 8.07. The molecule has 104 valence electrons. The Morgan fingerprint density at radius 3 is 2.79 bits per heavy atom. The summed E-state index contributed by atoms with van der Waals surface area (Å²) in [5.74, 6) is 1.22. The number of benzene rings is 1. The highest BCUT2D eigenvalue weighted by Gasteiger charge is 2.26. The Morgan fingerprint density at radius 2 is 2.21 bits per heavy atom. The SMILES string of the molecule is Cc1cc(C(N)=S)ccc1CN1CCSC(C)(C)C1. The molecule has 19 heavy (non-hydrogen) atoms. The van der Waals surface area contributed by atoms with Crippen LogP contribution in [0.4, 0.5) is 0 Å². The Hall–Kier alpha value is -0.580. The lowest BCUT2D eigenvalue weighted by molar-refractivity contribution is 0.252. The van der Waals surface area contributed by atoms with Crippen molar-refractivity contribution in [1.82, 2.24) is 4.90 Å². The fraction of sp³-hybridized carbons (Fsp3) is 0.533. The van der Waals surface area contributed by atoms with Gasteiger partial charge in [0.1, 0.15) is 4.99 Å². The van der Waals surface area contributed by atoms with E-state index in [1.54, 1.807) is 0 Å². The van der Waals surface area contributed by atoms with Crippen molar-refractivity contribution in [2.45, 2.75) is 32.1 Å². The second-order valence-electron chi connectivity index (χ2n) is 5.82. The first kappa shape index (κ1) is 14.8. The zero-order valence-corrected chi connectivity index (χ0v) is 13.5. The van der Waals surface area contributed by atoms with E-state index in [2.05, 4.69) is 49.6 Å². The zero-order valence-electron chi connectivity index (χ0n) is 11.9. The summed E-state index contributed by atoms with van der Waals surface area (Å²) in [5.41, 5.74) is 9.29. The Bertz CT molecular complexity index is 483. The average molecular weight is 294 g/mol. The van der Waals surface area contributed by atoms with E-state index in [9.17, 15) is 0 Å². The van der Waals surface area contributed by atoms with Crippen LogP contribution in [-0.2, 0) is 6.54 Å². The van der Waals surface area contributed by atoms with Crippen LogP contribution in [0.15, 0.2) is 18.2 Å². The van der Waals surface area contributed by atoms with Crippen molar-refractivity contribution in [3.05, 3.63) is 34.9 Å². The summed E-state index contributed by atoms with van der Waals surface area (Å²) >= 11 is 7.09. The molecule has 1 heterocycles. The van der Waals surface area contributed by atoms with Gasteiger partial charge in [-0.05, 0) is 38.0 Å². The van der Waals surface area contributed by atoms with E-state index in [0.717, 1.165) is 18.7 Å². The van der Waals surface area contributed by atoms with Gasteiger partial charge in [-0.3, -0.25) is 4.90 Å². The number of nitrogens with two attached hydrogens (primary N) is 1. The van der Waals surface area contributed by atoms with Gasteiger partial charge in [0, 0.05) is 35.7 Å². The number of thioether (sulfide) groups is 1. The predicted molar refractivity (Wildman–Crippen MR) is 88.9 cm³/mol. The molecule has 0 bridgehead atoms. The first-order valence-corrected chi connectivity index (χ1v) is 8.02. The number of nitrogens with zero attached hydrogens (tertiary/aromatic N) is 1. The molecule has 0 amide bonds. The molecule has 2 nitrogen and oxygen atoms in total. The quantitative estimate of drug-likeness (QED) is 0.868. The van der Waals surface area contributed by atoms with Crippen LogP contribution in [0.5, 0.6) is 0 Å². The van der Waals surface area contributed by atoms with E-state index < -0.39 is 0 Å². The molecule has 0 radical (unpaired) electrons. The Kier molecular flexibility index (Phi) is 4.54. The van der Waals surface area contributed by atoms with Crippen molar-refractivity contribution >= 4 is 29.0 Å². The Labute approximate surface area is 125 Å². The van der Waals surface area contributed by atoms with Crippen LogP contribution in [0.1, 0.15) is 30.5 Å². The molecule has 0 unspecified atom stereocenters. The van der Waals surface area contributed by atoms with Gasteiger partial charge >= 0.3 is 0 Å². The van der Waals surface area contributed by atoms with Gasteiger partial charge in [0.25, 0.3) is 0 Å². The third kappa shape index (κ3) is 3.94. The predicted octanol–water partition coefficient (Wildman–Crippen LogP) is 2.96. The molecule has 4 heteroatoms. The Balaban J connectivity index is 2.09. The first-order valence-electron chi connectivity index (χ1n) is 6.63. The molecular weight excluding hydrogens is 272 g/mol. The lowest BCUT2D eigenvalue weighted by atomic mass is 10.0. The lowest BCUT2D eigenvalue weighted by Gasteiger charge is -2.37. The van der Waals surface area contributed by atoms with Crippen LogP contribution in [0, 0.1) is 6.92 Å². The average Bonchev–Trinajstić information content (AvgIpc) is 2.30. The minimum absolute atomic E-state index is 0.366. The number of rotatable bonds is 3. The van der Waals surface area contributed by atoms with Gasteiger partial charge in [-0.25, -0.2) is 0 Å². The maximum Gasteiger partial charge on any atom is 0.103 e. The van der Waals surface area contributed by atoms with Gasteiger partial charge in [-0.2, -0.15) is 11.8 Å². The van der Waals surface area contributed by atoms with Crippen LogP contribution < -0.4 is 5.73 Å². The first-order chi connectivity index (χ1) is 8.87. The van der Waals surface area contributed by atoms with Crippen LogP contribution in [0.2, 0.25) is 0 Å². The molecule has 0 spiro atoms. The van der Waals surface area contributed by atoms with Gasteiger partial charge in [-0.1, -0.05) is 24.4 Å². The van der Waals surface area contributed by atoms with Gasteiger partial charge in [0.2, 0.25) is 0 Å². The molecule has 2 rings (SSSR count). The van der Waals surface area contributed by atoms with Gasteiger partial charge in [-0.15, -0.1) is 0 Å². The molecule has 1 saturated heterocycles. The van der Waals surface area contributed by atoms with Crippen LogP contribution in [0.3, 0.4) is 0 Å². The normalized spacial score (nSPS) is 19.3. The second kappa shape index (κ2) is 5.81. The summed E-state index contributed by atoms with van der Waals surface area (Å²) < 4.78 is 0.366. The van der Waals surface area contributed by atoms with Crippen molar-refractivity contribution < 1.29 is 0 Å². The molecule has 2 N–H and O–H groups in total. The summed E-state index contributed by atoms with van der Waals surface area (Å²) in [7, 11) is 0. The molecule has 0 atom stereocenters. The van der Waals surface area contributed by atoms with Gasteiger partial charge in [0.15, 0.2) is 0 Å². The number of aryl methyl sites for hydroxylation is 1. The van der Waals surface area contributed by atoms with E-state index in [1.165, 1.54) is 23.4 Å². The summed E-state index contributed by atoms with van der Waals surface area (Å²) in [4.78, 5) is 3.02. The fourth-order valence-electron chi connectivity index (χ4n) is 2.52. The summed E-state index contributed by atoms with van der Waals surface area (Å²) in [6.45, 7) is 10.1. The topological polar surface area (TPSA) is 29.3 Å². The smallest absolute Gasteiger partial charge is 0.103 e. The van der Waals surface area contributed by atoms with Crippen molar-refractivity contribution in [2.24, 2.45) is 5.73 Å². The minimum atomic E-state index is 0.366. The summed E-state index contributed by atoms with van der Waals surface area (Å²) in [5, 5.41) is 0. The van der Waals surface area contributed by atoms with E-state index in [4.69, 9.17) is 18.0 Å². The molecule has 1 aromatic rings. The summed E-state index contributed by atoms with van der Waals surface area (Å²) in [6.07, 6.45) is 0. The van der Waals surface area contributed by atoms with Crippen molar-refractivity contribution in [3.63, 3.8) is 0 Å². The lowest BCUT2D eigenvalue weighted by Crippen LogP contribution is -2.42. The van der Waals surface area contributed by atoms with Crippen LogP contribution in [0.25, 0.3) is 0 Å². The number of hydrogen-bond donors (Lipinski definition) is 1. The number of thiocarbonyl (C=S) groups is 1. The standard InChI is InChI=1S/C15H22N2S2/c1-11-8-12(14(16)18)4-5-13(11)9-17-6-7-19-15(2,3)10-17/h4-5,8H,6-7,9-10H2,1-3H3,(H2,16,18). The van der Waals surface area contributed by atoms with Gasteiger partial charge in [0.05, 0.1) is 0 Å². The molecule has 1 aromatic carbocycles. The molecule has 0 saturated carbocycles. The largest absolute Gasteiger partial charge is 0.389 e. The maximum atomic E-state index is 5.67. The summed E-state index contributed by atoms with van der Waals surface area (Å²) in [6, 6.07) is 6.30. The maximum absolute atomic E-state index is 5.67.